The van der Waals surface area contributed by atoms with E-state index in [1.807, 2.05) is 0 Å². The third-order valence-electron chi connectivity index (χ3n) is 3.86. The number of hydrogen-bond acceptors (Lipinski definition) is 3. The molecule has 1 fully saturated rings. The molecule has 0 bridgehead atoms. The molecular weight excluding hydrogens is 248 g/mol. The number of rotatable bonds is 4. The van der Waals surface area contributed by atoms with Crippen LogP contribution in [-0.4, -0.2) is 26.2 Å². The van der Waals surface area contributed by atoms with Crippen molar-refractivity contribution in [2.75, 3.05) is 26.2 Å². The summed E-state index contributed by atoms with van der Waals surface area (Å²) in [7, 11) is 0. The van der Waals surface area contributed by atoms with E-state index in [1.165, 1.54) is 16.3 Å². The molecule has 3 rings (SSSR count). The fourth-order valence-corrected chi connectivity index (χ4v) is 2.90. The van der Waals surface area contributed by atoms with E-state index in [1.54, 1.807) is 0 Å². The van der Waals surface area contributed by atoms with E-state index < -0.39 is 5.72 Å². The van der Waals surface area contributed by atoms with Crippen molar-refractivity contribution in [2.24, 2.45) is 0 Å². The van der Waals surface area contributed by atoms with Crippen molar-refractivity contribution in [3.05, 3.63) is 48.0 Å². The Labute approximate surface area is 120 Å². The molecule has 1 saturated heterocycles. The highest BCUT2D eigenvalue weighted by molar-refractivity contribution is 5.86. The Hall–Kier alpha value is -1.42. The number of piperazine rings is 1. The molecule has 1 aliphatic rings. The predicted molar refractivity (Wildman–Crippen MR) is 82.7 cm³/mol. The molecule has 20 heavy (non-hydrogen) atoms. The number of fused-ring (bicyclic) bond motifs is 1. The van der Waals surface area contributed by atoms with E-state index in [4.69, 9.17) is 4.74 Å². The summed E-state index contributed by atoms with van der Waals surface area (Å²) in [6.45, 7) is 5.63. The van der Waals surface area contributed by atoms with E-state index >= 15 is 0 Å². The maximum Gasteiger partial charge on any atom is 0.158 e. The van der Waals surface area contributed by atoms with E-state index in [0.29, 0.717) is 0 Å². The first kappa shape index (κ1) is 13.6. The lowest BCUT2D eigenvalue weighted by molar-refractivity contribution is -0.0829. The summed E-state index contributed by atoms with van der Waals surface area (Å²) >= 11 is 0. The van der Waals surface area contributed by atoms with Gasteiger partial charge in [0, 0.05) is 31.8 Å². The van der Waals surface area contributed by atoms with Gasteiger partial charge in [-0.05, 0) is 17.2 Å². The summed E-state index contributed by atoms with van der Waals surface area (Å²) in [6, 6.07) is 15.0. The second-order valence-corrected chi connectivity index (χ2v) is 5.31. The molecule has 2 N–H and O–H groups in total. The molecule has 2 aromatic carbocycles. The van der Waals surface area contributed by atoms with Crippen LogP contribution >= 0.6 is 0 Å². The molecular formula is C17H22N2O. The van der Waals surface area contributed by atoms with Crippen LogP contribution in [0, 0.1) is 0 Å². The van der Waals surface area contributed by atoms with Crippen molar-refractivity contribution < 1.29 is 4.74 Å². The van der Waals surface area contributed by atoms with Crippen LogP contribution in [0.15, 0.2) is 42.5 Å². The fourth-order valence-electron chi connectivity index (χ4n) is 2.90. The summed E-state index contributed by atoms with van der Waals surface area (Å²) in [5.74, 6) is 0. The third-order valence-corrected chi connectivity index (χ3v) is 3.86. The van der Waals surface area contributed by atoms with Crippen molar-refractivity contribution in [1.82, 2.24) is 10.6 Å². The van der Waals surface area contributed by atoms with Crippen molar-refractivity contribution in [3.8, 4) is 0 Å². The molecule has 2 aromatic rings. The Morgan fingerprint density at radius 1 is 1.10 bits per heavy atom. The third kappa shape index (κ3) is 2.44. The summed E-state index contributed by atoms with van der Waals surface area (Å²) in [4.78, 5) is 0. The smallest absolute Gasteiger partial charge is 0.158 e. The second-order valence-electron chi connectivity index (χ2n) is 5.31. The van der Waals surface area contributed by atoms with Gasteiger partial charge in [-0.15, -0.1) is 0 Å². The second kappa shape index (κ2) is 5.92. The first-order chi connectivity index (χ1) is 9.86. The molecule has 1 heterocycles. The van der Waals surface area contributed by atoms with Crippen molar-refractivity contribution in [1.29, 1.82) is 0 Å². The highest BCUT2D eigenvalue weighted by Crippen LogP contribution is 2.30. The highest BCUT2D eigenvalue weighted by Gasteiger charge is 2.35. The number of benzene rings is 2. The van der Waals surface area contributed by atoms with E-state index in [0.717, 1.165) is 32.7 Å². The first-order valence-corrected chi connectivity index (χ1v) is 7.44. The van der Waals surface area contributed by atoms with Crippen molar-refractivity contribution >= 4 is 10.8 Å². The summed E-state index contributed by atoms with van der Waals surface area (Å²) < 4.78 is 6.24. The normalized spacial score (nSPS) is 23.1. The van der Waals surface area contributed by atoms with Gasteiger partial charge in [0.15, 0.2) is 5.72 Å². The minimum absolute atomic E-state index is 0.408. The van der Waals surface area contributed by atoms with Crippen LogP contribution in [0.5, 0.6) is 0 Å². The topological polar surface area (TPSA) is 33.3 Å². The number of nitrogens with one attached hydrogen (secondary N) is 2. The van der Waals surface area contributed by atoms with E-state index in [9.17, 15) is 0 Å². The SMILES string of the molecule is CCCOC1(c2cccc3ccccc23)CNCCN1. The Balaban J connectivity index is 2.08. The maximum atomic E-state index is 6.24. The molecule has 0 amide bonds. The van der Waals surface area contributed by atoms with Gasteiger partial charge in [-0.3, -0.25) is 5.32 Å². The maximum absolute atomic E-state index is 6.24. The lowest BCUT2D eigenvalue weighted by atomic mass is 9.94. The lowest BCUT2D eigenvalue weighted by Crippen LogP contribution is -2.58. The van der Waals surface area contributed by atoms with Gasteiger partial charge in [-0.25, -0.2) is 0 Å². The van der Waals surface area contributed by atoms with Gasteiger partial charge in [0.25, 0.3) is 0 Å². The molecule has 3 heteroatoms. The van der Waals surface area contributed by atoms with Gasteiger partial charge in [-0.1, -0.05) is 49.4 Å². The van der Waals surface area contributed by atoms with Crippen LogP contribution in [0.25, 0.3) is 10.8 Å². The van der Waals surface area contributed by atoms with Crippen LogP contribution in [-0.2, 0) is 10.5 Å². The molecule has 106 valence electrons. The van der Waals surface area contributed by atoms with Gasteiger partial charge in [0.05, 0.1) is 0 Å². The van der Waals surface area contributed by atoms with Crippen LogP contribution in [0.2, 0.25) is 0 Å². The van der Waals surface area contributed by atoms with Gasteiger partial charge in [-0.2, -0.15) is 0 Å². The van der Waals surface area contributed by atoms with Crippen LogP contribution in [0.3, 0.4) is 0 Å². The summed E-state index contributed by atoms with van der Waals surface area (Å²) in [6.07, 6.45) is 1.02. The molecule has 0 radical (unpaired) electrons. The van der Waals surface area contributed by atoms with Crippen molar-refractivity contribution in [3.63, 3.8) is 0 Å². The highest BCUT2D eigenvalue weighted by atomic mass is 16.5. The van der Waals surface area contributed by atoms with E-state index in [2.05, 4.69) is 60.0 Å². The zero-order valence-corrected chi connectivity index (χ0v) is 12.0. The van der Waals surface area contributed by atoms with Crippen molar-refractivity contribution in [2.45, 2.75) is 19.1 Å². The minimum atomic E-state index is -0.408. The molecule has 0 spiro atoms. The molecule has 0 aliphatic carbocycles. The zero-order chi connectivity index (χ0) is 13.8. The average molecular weight is 270 g/mol. The first-order valence-electron chi connectivity index (χ1n) is 7.44. The fraction of sp³-hybridized carbons (Fsp3) is 0.412. The Kier molecular flexibility index (Phi) is 4.01. The zero-order valence-electron chi connectivity index (χ0n) is 12.0. The molecule has 3 nitrogen and oxygen atoms in total. The lowest BCUT2D eigenvalue weighted by Gasteiger charge is -2.39. The number of ether oxygens (including phenoxy) is 1. The van der Waals surface area contributed by atoms with Crippen LogP contribution in [0.1, 0.15) is 18.9 Å². The molecule has 1 atom stereocenters. The van der Waals surface area contributed by atoms with Gasteiger partial charge < -0.3 is 10.1 Å². The van der Waals surface area contributed by atoms with Gasteiger partial charge in [0.2, 0.25) is 0 Å². The quantitative estimate of drug-likeness (QED) is 0.896. The molecule has 0 saturated carbocycles. The standard InChI is InChI=1S/C17H22N2O/c1-2-12-20-17(13-18-10-11-19-17)16-9-5-7-14-6-3-4-8-15(14)16/h3-9,18-19H,2,10-13H2,1H3. The molecule has 0 aromatic heterocycles. The molecule has 1 unspecified atom stereocenters. The number of hydrogen-bond donors (Lipinski definition) is 2. The largest absolute Gasteiger partial charge is 0.355 e. The van der Waals surface area contributed by atoms with Crippen LogP contribution in [0.4, 0.5) is 0 Å². The van der Waals surface area contributed by atoms with Gasteiger partial charge in [0.1, 0.15) is 0 Å². The molecule has 1 aliphatic heterocycles. The Morgan fingerprint density at radius 3 is 2.75 bits per heavy atom. The summed E-state index contributed by atoms with van der Waals surface area (Å²) in [5.41, 5.74) is 0.825. The van der Waals surface area contributed by atoms with E-state index in [-0.39, 0.29) is 0 Å². The monoisotopic (exact) mass is 270 g/mol. The predicted octanol–water partition coefficient (Wildman–Crippen LogP) is 2.61. The Bertz CT molecular complexity index is 571. The van der Waals surface area contributed by atoms with Gasteiger partial charge >= 0.3 is 0 Å². The average Bonchev–Trinajstić information content (AvgIpc) is 2.53. The minimum Gasteiger partial charge on any atom is -0.355 e. The Morgan fingerprint density at radius 2 is 1.95 bits per heavy atom. The van der Waals surface area contributed by atoms with Crippen LogP contribution < -0.4 is 10.6 Å². The summed E-state index contributed by atoms with van der Waals surface area (Å²) in [5, 5.41) is 9.58.